The zero-order valence-corrected chi connectivity index (χ0v) is 12.7. The Morgan fingerprint density at radius 2 is 2.05 bits per heavy atom. The molecule has 1 aromatic heterocycles. The summed E-state index contributed by atoms with van der Waals surface area (Å²) in [6.07, 6.45) is 1.41. The average molecular weight is 295 g/mol. The van der Waals surface area contributed by atoms with Gasteiger partial charge >= 0.3 is 6.03 Å². The first-order valence-corrected chi connectivity index (χ1v) is 7.20. The number of hydrogen-bond acceptors (Lipinski definition) is 3. The summed E-state index contributed by atoms with van der Waals surface area (Å²) in [5.41, 5.74) is -0.240. The fourth-order valence-corrected chi connectivity index (χ4v) is 2.20. The molecule has 6 heteroatoms. The summed E-state index contributed by atoms with van der Waals surface area (Å²) in [6, 6.07) is 4.45. The number of nitrogens with one attached hydrogen (secondary N) is 1. The molecule has 2 rings (SSSR count). The fraction of sp³-hybridized carbons (Fsp3) is 0.600. The van der Waals surface area contributed by atoms with Gasteiger partial charge < -0.3 is 15.0 Å². The molecule has 0 saturated carbocycles. The maximum Gasteiger partial charge on any atom is 0.317 e. The molecule has 1 aliphatic rings. The third kappa shape index (κ3) is 4.88. The van der Waals surface area contributed by atoms with Crippen LogP contribution in [-0.2, 0) is 0 Å². The number of halogens is 1. The number of carbonyl (C=O) groups excluding carboxylic acids is 1. The Hall–Kier alpha value is -1.85. The summed E-state index contributed by atoms with van der Waals surface area (Å²) in [6.45, 7) is 7.12. The molecular formula is C15H22FN3O2. The van der Waals surface area contributed by atoms with Crippen LogP contribution in [0.3, 0.4) is 0 Å². The lowest BCUT2D eigenvalue weighted by Crippen LogP contribution is -2.51. The van der Waals surface area contributed by atoms with Gasteiger partial charge in [-0.15, -0.1) is 0 Å². The quantitative estimate of drug-likeness (QED) is 0.853. The number of piperidine rings is 1. The maximum atomic E-state index is 13.0. The second kappa shape index (κ2) is 6.28. The molecule has 1 saturated heterocycles. The molecule has 2 amide bonds. The summed E-state index contributed by atoms with van der Waals surface area (Å²) in [5, 5.41) is 2.95. The number of likely N-dealkylation sites (tertiary alicyclic amines) is 1. The number of urea groups is 1. The molecule has 0 bridgehead atoms. The van der Waals surface area contributed by atoms with E-state index in [9.17, 15) is 9.18 Å². The van der Waals surface area contributed by atoms with Crippen molar-refractivity contribution in [1.82, 2.24) is 15.2 Å². The highest BCUT2D eigenvalue weighted by Gasteiger charge is 2.26. The minimum absolute atomic E-state index is 0.0296. The van der Waals surface area contributed by atoms with Crippen LogP contribution in [0.25, 0.3) is 0 Å². The van der Waals surface area contributed by atoms with E-state index in [-0.39, 0.29) is 17.7 Å². The van der Waals surface area contributed by atoms with Crippen molar-refractivity contribution in [3.63, 3.8) is 0 Å². The van der Waals surface area contributed by atoms with Crippen LogP contribution in [0, 0.1) is 5.95 Å². The number of hydrogen-bond donors (Lipinski definition) is 1. The Bertz CT molecular complexity index is 494. The molecule has 0 aliphatic carbocycles. The van der Waals surface area contributed by atoms with Gasteiger partial charge in [-0.2, -0.15) is 9.37 Å². The van der Waals surface area contributed by atoms with E-state index < -0.39 is 5.95 Å². The first-order chi connectivity index (χ1) is 9.83. The molecule has 0 atom stereocenters. The number of aromatic nitrogens is 1. The van der Waals surface area contributed by atoms with E-state index in [1.165, 1.54) is 6.07 Å². The molecule has 1 N–H and O–H groups in total. The SMILES string of the molecule is CC(C)(C)NC(=O)N1CCC(Oc2cccc(F)n2)CC1. The highest BCUT2D eigenvalue weighted by molar-refractivity contribution is 5.75. The molecular weight excluding hydrogens is 273 g/mol. The van der Waals surface area contributed by atoms with E-state index in [1.54, 1.807) is 17.0 Å². The van der Waals surface area contributed by atoms with E-state index in [1.807, 2.05) is 20.8 Å². The predicted molar refractivity (Wildman–Crippen MR) is 77.7 cm³/mol. The molecule has 116 valence electrons. The standard InChI is InChI=1S/C15H22FN3O2/c1-15(2,3)18-14(20)19-9-7-11(8-10-19)21-13-6-4-5-12(16)17-13/h4-6,11H,7-10H2,1-3H3,(H,18,20). The normalized spacial score (nSPS) is 16.7. The van der Waals surface area contributed by atoms with Crippen LogP contribution >= 0.6 is 0 Å². The molecule has 1 fully saturated rings. The van der Waals surface area contributed by atoms with Crippen LogP contribution in [-0.4, -0.2) is 40.6 Å². The third-order valence-corrected chi connectivity index (χ3v) is 3.19. The van der Waals surface area contributed by atoms with Crippen molar-refractivity contribution in [2.24, 2.45) is 0 Å². The van der Waals surface area contributed by atoms with E-state index in [0.29, 0.717) is 19.0 Å². The lowest BCUT2D eigenvalue weighted by Gasteiger charge is -2.34. The van der Waals surface area contributed by atoms with Crippen molar-refractivity contribution in [2.45, 2.75) is 45.3 Å². The topological polar surface area (TPSA) is 54.5 Å². The van der Waals surface area contributed by atoms with Crippen molar-refractivity contribution in [2.75, 3.05) is 13.1 Å². The van der Waals surface area contributed by atoms with Crippen LogP contribution in [0.5, 0.6) is 5.88 Å². The van der Waals surface area contributed by atoms with E-state index in [0.717, 1.165) is 12.8 Å². The zero-order chi connectivity index (χ0) is 15.5. The second-order valence-electron chi connectivity index (χ2n) is 6.28. The van der Waals surface area contributed by atoms with Gasteiger partial charge in [0.05, 0.1) is 0 Å². The predicted octanol–water partition coefficient (Wildman–Crippen LogP) is 2.57. The lowest BCUT2D eigenvalue weighted by molar-refractivity contribution is 0.104. The Morgan fingerprint density at radius 3 is 2.62 bits per heavy atom. The zero-order valence-electron chi connectivity index (χ0n) is 12.7. The summed E-state index contributed by atoms with van der Waals surface area (Å²) in [4.78, 5) is 17.5. The molecule has 1 aliphatic heterocycles. The minimum Gasteiger partial charge on any atom is -0.474 e. The van der Waals surface area contributed by atoms with Crippen molar-refractivity contribution in [3.05, 3.63) is 24.1 Å². The Labute approximate surface area is 124 Å². The molecule has 5 nitrogen and oxygen atoms in total. The van der Waals surface area contributed by atoms with Gasteiger partial charge in [-0.1, -0.05) is 6.07 Å². The molecule has 0 radical (unpaired) electrons. The largest absolute Gasteiger partial charge is 0.474 e. The number of carbonyl (C=O) groups is 1. The molecule has 0 aromatic carbocycles. The van der Waals surface area contributed by atoms with Crippen LogP contribution in [0.2, 0.25) is 0 Å². The van der Waals surface area contributed by atoms with Gasteiger partial charge in [0.1, 0.15) is 6.10 Å². The van der Waals surface area contributed by atoms with Crippen molar-refractivity contribution < 1.29 is 13.9 Å². The molecule has 1 aromatic rings. The van der Waals surface area contributed by atoms with E-state index >= 15 is 0 Å². The number of amides is 2. The molecule has 0 spiro atoms. The monoisotopic (exact) mass is 295 g/mol. The van der Waals surface area contributed by atoms with Gasteiger partial charge in [-0.05, 0) is 26.8 Å². The third-order valence-electron chi connectivity index (χ3n) is 3.19. The molecule has 2 heterocycles. The van der Waals surface area contributed by atoms with Gasteiger partial charge in [0.2, 0.25) is 11.8 Å². The molecule has 21 heavy (non-hydrogen) atoms. The van der Waals surface area contributed by atoms with Crippen LogP contribution in [0.4, 0.5) is 9.18 Å². The maximum absolute atomic E-state index is 13.0. The Morgan fingerprint density at radius 1 is 1.38 bits per heavy atom. The van der Waals surface area contributed by atoms with Gasteiger partial charge in [0.15, 0.2) is 0 Å². The Balaban J connectivity index is 1.82. The number of nitrogens with zero attached hydrogens (tertiary/aromatic N) is 2. The first-order valence-electron chi connectivity index (χ1n) is 7.20. The van der Waals surface area contributed by atoms with Crippen LogP contribution in [0.1, 0.15) is 33.6 Å². The number of rotatable bonds is 2. The summed E-state index contributed by atoms with van der Waals surface area (Å²) >= 11 is 0. The van der Waals surface area contributed by atoms with E-state index in [4.69, 9.17) is 4.74 Å². The highest BCUT2D eigenvalue weighted by Crippen LogP contribution is 2.18. The van der Waals surface area contributed by atoms with Crippen LogP contribution in [0.15, 0.2) is 18.2 Å². The highest BCUT2D eigenvalue weighted by atomic mass is 19.1. The van der Waals surface area contributed by atoms with Crippen molar-refractivity contribution >= 4 is 6.03 Å². The van der Waals surface area contributed by atoms with Crippen molar-refractivity contribution in [3.8, 4) is 5.88 Å². The van der Waals surface area contributed by atoms with Crippen molar-refractivity contribution in [1.29, 1.82) is 0 Å². The Kier molecular flexibility index (Phi) is 4.65. The molecule has 0 unspecified atom stereocenters. The number of pyridine rings is 1. The lowest BCUT2D eigenvalue weighted by atomic mass is 10.1. The number of ether oxygens (including phenoxy) is 1. The van der Waals surface area contributed by atoms with Gasteiger partial charge in [0.25, 0.3) is 0 Å². The smallest absolute Gasteiger partial charge is 0.317 e. The fourth-order valence-electron chi connectivity index (χ4n) is 2.20. The minimum atomic E-state index is -0.547. The van der Waals surface area contributed by atoms with Gasteiger partial charge in [0, 0.05) is 37.5 Å². The van der Waals surface area contributed by atoms with Crippen LogP contribution < -0.4 is 10.1 Å². The van der Waals surface area contributed by atoms with E-state index in [2.05, 4.69) is 10.3 Å². The summed E-state index contributed by atoms with van der Waals surface area (Å²) < 4.78 is 18.7. The van der Waals surface area contributed by atoms with Gasteiger partial charge in [-0.3, -0.25) is 0 Å². The second-order valence-corrected chi connectivity index (χ2v) is 6.28. The average Bonchev–Trinajstić information content (AvgIpc) is 2.37. The summed E-state index contributed by atoms with van der Waals surface area (Å²) in [7, 11) is 0. The van der Waals surface area contributed by atoms with Gasteiger partial charge in [-0.25, -0.2) is 4.79 Å². The first kappa shape index (κ1) is 15.5. The summed E-state index contributed by atoms with van der Waals surface area (Å²) in [5.74, 6) is -0.248.